The second-order valence-corrected chi connectivity index (χ2v) is 5.75. The predicted octanol–water partition coefficient (Wildman–Crippen LogP) is 4.06. The van der Waals surface area contributed by atoms with Gasteiger partial charge in [0.15, 0.2) is 0 Å². The molecule has 1 atom stereocenters. The number of anilines is 1. The molecule has 1 aliphatic rings. The van der Waals surface area contributed by atoms with E-state index in [0.717, 1.165) is 17.8 Å². The molecule has 1 aromatic heterocycles. The van der Waals surface area contributed by atoms with Crippen molar-refractivity contribution in [1.82, 2.24) is 9.47 Å². The maximum Gasteiger partial charge on any atom is 0.322 e. The number of carbonyl (C=O) groups is 1. The first kappa shape index (κ1) is 14.0. The van der Waals surface area contributed by atoms with Gasteiger partial charge in [0.1, 0.15) is 0 Å². The van der Waals surface area contributed by atoms with Crippen LogP contribution in [0.2, 0.25) is 5.02 Å². The smallest absolute Gasteiger partial charge is 0.322 e. The van der Waals surface area contributed by atoms with Crippen molar-refractivity contribution in [2.24, 2.45) is 0 Å². The Balaban J connectivity index is 1.79. The number of halogens is 1. The molecule has 1 aliphatic heterocycles. The van der Waals surface area contributed by atoms with Gasteiger partial charge in [-0.25, -0.2) is 4.79 Å². The molecule has 5 heteroatoms. The number of aromatic nitrogens is 1. The summed E-state index contributed by atoms with van der Waals surface area (Å²) in [5, 5.41) is 3.63. The zero-order valence-electron chi connectivity index (χ0n) is 12.1. The van der Waals surface area contributed by atoms with Crippen LogP contribution in [0.1, 0.15) is 24.2 Å². The van der Waals surface area contributed by atoms with Gasteiger partial charge < -0.3 is 14.8 Å². The predicted molar refractivity (Wildman–Crippen MR) is 84.8 cm³/mol. The number of hydrogen-bond donors (Lipinski definition) is 1. The molecule has 0 saturated carbocycles. The number of hydrogen-bond acceptors (Lipinski definition) is 1. The van der Waals surface area contributed by atoms with E-state index in [1.807, 2.05) is 36.1 Å². The molecule has 3 rings (SSSR count). The summed E-state index contributed by atoms with van der Waals surface area (Å²) in [6.45, 7) is 5.49. The van der Waals surface area contributed by atoms with Gasteiger partial charge in [0.2, 0.25) is 0 Å². The van der Waals surface area contributed by atoms with Gasteiger partial charge in [0.05, 0.1) is 6.04 Å². The molecular weight excluding hydrogens is 286 g/mol. The maximum absolute atomic E-state index is 12.5. The molecule has 21 heavy (non-hydrogen) atoms. The number of carbonyl (C=O) groups excluding carboxylic acids is 1. The molecule has 0 radical (unpaired) electrons. The topological polar surface area (TPSA) is 37.3 Å². The zero-order valence-corrected chi connectivity index (χ0v) is 12.9. The van der Waals surface area contributed by atoms with Gasteiger partial charge in [-0.15, -0.1) is 0 Å². The van der Waals surface area contributed by atoms with Crippen LogP contribution in [0, 0.1) is 6.92 Å². The van der Waals surface area contributed by atoms with Crippen molar-refractivity contribution >= 4 is 23.3 Å². The van der Waals surface area contributed by atoms with Crippen molar-refractivity contribution < 1.29 is 4.79 Å². The van der Waals surface area contributed by atoms with Gasteiger partial charge in [-0.2, -0.15) is 0 Å². The van der Waals surface area contributed by atoms with Gasteiger partial charge in [-0.05, 0) is 43.7 Å². The molecule has 1 N–H and O–H groups in total. The van der Waals surface area contributed by atoms with Crippen LogP contribution in [0.5, 0.6) is 0 Å². The van der Waals surface area contributed by atoms with E-state index < -0.39 is 0 Å². The van der Waals surface area contributed by atoms with E-state index in [2.05, 4.69) is 29.1 Å². The number of benzene rings is 1. The summed E-state index contributed by atoms with van der Waals surface area (Å²) >= 11 is 6.10. The summed E-state index contributed by atoms with van der Waals surface area (Å²) in [6, 6.07) is 9.60. The summed E-state index contributed by atoms with van der Waals surface area (Å²) in [4.78, 5) is 14.4. The Morgan fingerprint density at radius 1 is 1.29 bits per heavy atom. The molecule has 0 unspecified atom stereocenters. The molecule has 2 amide bonds. The normalized spacial score (nSPS) is 17.5. The SMILES string of the molecule is Cc1c(Cl)cccc1NC(=O)N1CCn2cccc2[C@@H]1C. The fraction of sp³-hybridized carbons (Fsp3) is 0.312. The lowest BCUT2D eigenvalue weighted by Gasteiger charge is -2.35. The largest absolute Gasteiger partial charge is 0.348 e. The third kappa shape index (κ3) is 2.51. The molecule has 1 aromatic carbocycles. The molecule has 4 nitrogen and oxygen atoms in total. The van der Waals surface area contributed by atoms with Crippen LogP contribution in [0.3, 0.4) is 0 Å². The van der Waals surface area contributed by atoms with E-state index in [9.17, 15) is 4.79 Å². The fourth-order valence-electron chi connectivity index (χ4n) is 2.79. The van der Waals surface area contributed by atoms with E-state index in [1.165, 1.54) is 5.69 Å². The first-order valence-corrected chi connectivity index (χ1v) is 7.43. The van der Waals surface area contributed by atoms with Gasteiger partial charge in [0, 0.05) is 35.7 Å². The summed E-state index contributed by atoms with van der Waals surface area (Å²) < 4.78 is 2.19. The Morgan fingerprint density at radius 3 is 2.90 bits per heavy atom. The number of rotatable bonds is 1. The van der Waals surface area contributed by atoms with E-state index in [0.29, 0.717) is 11.6 Å². The van der Waals surface area contributed by atoms with Crippen LogP contribution in [0.25, 0.3) is 0 Å². The summed E-state index contributed by atoms with van der Waals surface area (Å²) in [7, 11) is 0. The lowest BCUT2D eigenvalue weighted by atomic mass is 10.1. The zero-order chi connectivity index (χ0) is 15.0. The van der Waals surface area contributed by atoms with E-state index in [1.54, 1.807) is 0 Å². The highest BCUT2D eigenvalue weighted by Crippen LogP contribution is 2.27. The molecule has 0 spiro atoms. The Labute approximate surface area is 129 Å². The van der Waals surface area contributed by atoms with Crippen LogP contribution in [-0.4, -0.2) is 22.0 Å². The van der Waals surface area contributed by atoms with E-state index in [-0.39, 0.29) is 12.1 Å². The van der Waals surface area contributed by atoms with E-state index in [4.69, 9.17) is 11.6 Å². The van der Waals surface area contributed by atoms with Gasteiger partial charge in [-0.1, -0.05) is 17.7 Å². The Kier molecular flexibility index (Phi) is 3.64. The van der Waals surface area contributed by atoms with Crippen molar-refractivity contribution in [1.29, 1.82) is 0 Å². The summed E-state index contributed by atoms with van der Waals surface area (Å²) in [5.41, 5.74) is 2.82. The Hall–Kier alpha value is -1.94. The molecule has 2 heterocycles. The van der Waals surface area contributed by atoms with Crippen LogP contribution in [-0.2, 0) is 6.54 Å². The first-order chi connectivity index (χ1) is 10.1. The minimum absolute atomic E-state index is 0.0632. The standard InChI is InChI=1S/C16H18ClN3O/c1-11-13(17)5-3-6-14(11)18-16(21)20-10-9-19-8-4-7-15(19)12(20)2/h3-8,12H,9-10H2,1-2H3,(H,18,21)/t12-/m0/s1. The maximum atomic E-state index is 12.5. The van der Waals surface area contributed by atoms with Crippen LogP contribution in [0.4, 0.5) is 10.5 Å². The second kappa shape index (κ2) is 5.45. The van der Waals surface area contributed by atoms with Crippen molar-refractivity contribution in [2.45, 2.75) is 26.4 Å². The van der Waals surface area contributed by atoms with Crippen molar-refractivity contribution in [3.05, 3.63) is 52.8 Å². The van der Waals surface area contributed by atoms with Crippen molar-refractivity contribution in [2.75, 3.05) is 11.9 Å². The molecule has 2 aromatic rings. The van der Waals surface area contributed by atoms with Crippen LogP contribution in [0.15, 0.2) is 36.5 Å². The highest BCUT2D eigenvalue weighted by Gasteiger charge is 2.27. The van der Waals surface area contributed by atoms with Crippen molar-refractivity contribution in [3.63, 3.8) is 0 Å². The van der Waals surface area contributed by atoms with E-state index >= 15 is 0 Å². The molecule has 0 bridgehead atoms. The number of urea groups is 1. The lowest BCUT2D eigenvalue weighted by molar-refractivity contribution is 0.175. The van der Waals surface area contributed by atoms with Crippen LogP contribution >= 0.6 is 11.6 Å². The molecule has 110 valence electrons. The Morgan fingerprint density at radius 2 is 2.10 bits per heavy atom. The molecule has 0 saturated heterocycles. The molecular formula is C16H18ClN3O. The quantitative estimate of drug-likeness (QED) is 0.847. The number of nitrogens with zero attached hydrogens (tertiary/aromatic N) is 2. The highest BCUT2D eigenvalue weighted by atomic mass is 35.5. The molecule has 0 aliphatic carbocycles. The minimum Gasteiger partial charge on any atom is -0.348 e. The number of nitrogens with one attached hydrogen (secondary N) is 1. The second-order valence-electron chi connectivity index (χ2n) is 5.34. The summed E-state index contributed by atoms with van der Waals surface area (Å²) in [6.07, 6.45) is 2.06. The molecule has 0 fully saturated rings. The highest BCUT2D eigenvalue weighted by molar-refractivity contribution is 6.31. The van der Waals surface area contributed by atoms with Crippen LogP contribution < -0.4 is 5.32 Å². The Bertz CT molecular complexity index is 680. The summed E-state index contributed by atoms with van der Waals surface area (Å²) in [5.74, 6) is 0. The third-order valence-corrected chi connectivity index (χ3v) is 4.52. The van der Waals surface area contributed by atoms with Gasteiger partial charge in [0.25, 0.3) is 0 Å². The average molecular weight is 304 g/mol. The van der Waals surface area contributed by atoms with Gasteiger partial charge >= 0.3 is 6.03 Å². The van der Waals surface area contributed by atoms with Gasteiger partial charge in [-0.3, -0.25) is 0 Å². The minimum atomic E-state index is -0.0830. The monoisotopic (exact) mass is 303 g/mol. The lowest BCUT2D eigenvalue weighted by Crippen LogP contribution is -2.43. The number of fused-ring (bicyclic) bond motifs is 1. The average Bonchev–Trinajstić information content (AvgIpc) is 2.93. The van der Waals surface area contributed by atoms with Crippen molar-refractivity contribution in [3.8, 4) is 0 Å². The fourth-order valence-corrected chi connectivity index (χ4v) is 2.96. The number of amides is 2. The first-order valence-electron chi connectivity index (χ1n) is 7.05. The third-order valence-electron chi connectivity index (χ3n) is 4.11.